The molecule has 2 aliphatic rings. The average molecular weight is 682 g/mol. The van der Waals surface area contributed by atoms with E-state index in [0.717, 1.165) is 5.56 Å². The number of carbonyl (C=O) groups is 1. The molecule has 0 radical (unpaired) electrons. The maximum absolute atomic E-state index is 14.1. The fraction of sp³-hybridized carbons (Fsp3) is 0.265. The van der Waals surface area contributed by atoms with Crippen molar-refractivity contribution in [2.45, 2.75) is 46.4 Å². The van der Waals surface area contributed by atoms with E-state index >= 15 is 0 Å². The Morgan fingerprint density at radius 1 is 1.11 bits per heavy atom. The van der Waals surface area contributed by atoms with Crippen LogP contribution in [0.4, 0.5) is 0 Å². The molecule has 4 aromatic rings. The molecule has 0 unspecified atom stereocenters. The van der Waals surface area contributed by atoms with Crippen molar-refractivity contribution in [2.24, 2.45) is 4.99 Å². The van der Waals surface area contributed by atoms with E-state index in [0.29, 0.717) is 49.2 Å². The molecule has 0 saturated heterocycles. The predicted octanol–water partition coefficient (Wildman–Crippen LogP) is 6.20. The molecule has 0 saturated carbocycles. The number of ether oxygens (including phenoxy) is 5. The van der Waals surface area contributed by atoms with Crippen molar-refractivity contribution < 1.29 is 28.5 Å². The van der Waals surface area contributed by atoms with E-state index in [4.69, 9.17) is 46.9 Å². The van der Waals surface area contributed by atoms with Crippen molar-refractivity contribution in [1.29, 1.82) is 0 Å². The van der Waals surface area contributed by atoms with E-state index < -0.39 is 12.0 Å². The molecule has 46 heavy (non-hydrogen) atoms. The van der Waals surface area contributed by atoms with Crippen LogP contribution in [0.2, 0.25) is 10.0 Å². The molecular formula is C34H30Cl2N2O7S. The van der Waals surface area contributed by atoms with Crippen LogP contribution in [-0.2, 0) is 16.1 Å². The quantitative estimate of drug-likeness (QED) is 0.194. The van der Waals surface area contributed by atoms with Crippen molar-refractivity contribution in [2.75, 3.05) is 13.4 Å². The number of benzene rings is 3. The third kappa shape index (κ3) is 6.25. The van der Waals surface area contributed by atoms with Gasteiger partial charge in [-0.05, 0) is 75.2 Å². The fourth-order valence-electron chi connectivity index (χ4n) is 5.29. The zero-order chi connectivity index (χ0) is 32.5. The molecule has 1 atom stereocenters. The fourth-order valence-corrected chi connectivity index (χ4v) is 6.95. The molecule has 0 spiro atoms. The highest BCUT2D eigenvalue weighted by atomic mass is 35.5. The summed E-state index contributed by atoms with van der Waals surface area (Å²) >= 11 is 14.4. The van der Waals surface area contributed by atoms with Gasteiger partial charge in [-0.3, -0.25) is 9.36 Å². The zero-order valence-electron chi connectivity index (χ0n) is 25.5. The van der Waals surface area contributed by atoms with E-state index in [1.165, 1.54) is 15.9 Å². The van der Waals surface area contributed by atoms with Gasteiger partial charge in [0.1, 0.15) is 18.4 Å². The molecule has 0 bridgehead atoms. The number of nitrogens with zero attached hydrogens (tertiary/aromatic N) is 2. The van der Waals surface area contributed by atoms with E-state index in [2.05, 4.69) is 4.99 Å². The SMILES string of the molecule is CCOC(=O)C1=C(C)N=c2s/c(=C/c3cc(Cl)c(OCc4ccc5c(c4)OCO5)c(Cl)c3)c(=O)n2[C@@H]1c1ccccc1OC(C)C. The molecule has 2 aliphatic heterocycles. The van der Waals surface area contributed by atoms with Gasteiger partial charge in [0, 0.05) is 5.56 Å². The number of hydrogen-bond acceptors (Lipinski definition) is 9. The molecule has 0 N–H and O–H groups in total. The minimum Gasteiger partial charge on any atom is -0.491 e. The number of carbonyl (C=O) groups excluding carboxylic acids is 1. The number of para-hydroxylation sites is 1. The van der Waals surface area contributed by atoms with Gasteiger partial charge in [0.25, 0.3) is 5.56 Å². The van der Waals surface area contributed by atoms with Gasteiger partial charge < -0.3 is 23.7 Å². The lowest BCUT2D eigenvalue weighted by Gasteiger charge is -2.26. The van der Waals surface area contributed by atoms with Crippen LogP contribution in [0.3, 0.4) is 0 Å². The van der Waals surface area contributed by atoms with Gasteiger partial charge in [-0.1, -0.05) is 58.8 Å². The Kier molecular flexibility index (Phi) is 9.13. The zero-order valence-corrected chi connectivity index (χ0v) is 27.8. The summed E-state index contributed by atoms with van der Waals surface area (Å²) in [5.74, 6) is 1.66. The number of thiazole rings is 1. The highest BCUT2D eigenvalue weighted by molar-refractivity contribution is 7.07. The summed E-state index contributed by atoms with van der Waals surface area (Å²) < 4.78 is 30.2. The van der Waals surface area contributed by atoms with E-state index in [1.807, 2.05) is 56.3 Å². The monoisotopic (exact) mass is 680 g/mol. The van der Waals surface area contributed by atoms with Gasteiger partial charge in [0.2, 0.25) is 6.79 Å². The minimum atomic E-state index is -0.813. The van der Waals surface area contributed by atoms with Gasteiger partial charge in [-0.2, -0.15) is 0 Å². The summed E-state index contributed by atoms with van der Waals surface area (Å²) in [6.07, 6.45) is 1.56. The molecule has 1 aromatic heterocycles. The molecule has 3 aromatic carbocycles. The van der Waals surface area contributed by atoms with Crippen molar-refractivity contribution in [3.05, 3.63) is 112 Å². The Bertz CT molecular complexity index is 2030. The normalized spacial score (nSPS) is 15.5. The Morgan fingerprint density at radius 3 is 2.59 bits per heavy atom. The van der Waals surface area contributed by atoms with E-state index in [1.54, 1.807) is 32.1 Å². The number of rotatable bonds is 9. The van der Waals surface area contributed by atoms with Crippen LogP contribution >= 0.6 is 34.5 Å². The third-order valence-corrected chi connectivity index (χ3v) is 8.78. The Morgan fingerprint density at radius 2 is 1.85 bits per heavy atom. The Labute approximate surface area is 278 Å². The minimum absolute atomic E-state index is 0.133. The largest absolute Gasteiger partial charge is 0.491 e. The summed E-state index contributed by atoms with van der Waals surface area (Å²) in [7, 11) is 0. The second-order valence-corrected chi connectivity index (χ2v) is 12.6. The lowest BCUT2D eigenvalue weighted by molar-refractivity contribution is -0.139. The highest BCUT2D eigenvalue weighted by Crippen LogP contribution is 2.38. The first kappa shape index (κ1) is 31.7. The second-order valence-electron chi connectivity index (χ2n) is 10.8. The molecule has 0 amide bonds. The highest BCUT2D eigenvalue weighted by Gasteiger charge is 2.35. The van der Waals surface area contributed by atoms with Crippen LogP contribution < -0.4 is 33.8 Å². The van der Waals surface area contributed by atoms with Crippen molar-refractivity contribution in [3.63, 3.8) is 0 Å². The van der Waals surface area contributed by atoms with Gasteiger partial charge in [0.05, 0.1) is 38.6 Å². The topological polar surface area (TPSA) is 97.6 Å². The summed E-state index contributed by atoms with van der Waals surface area (Å²) in [5.41, 5.74) is 2.50. The summed E-state index contributed by atoms with van der Waals surface area (Å²) in [4.78, 5) is 32.5. The van der Waals surface area contributed by atoms with E-state index in [9.17, 15) is 9.59 Å². The van der Waals surface area contributed by atoms with Crippen molar-refractivity contribution >= 4 is 46.6 Å². The number of halogens is 2. The van der Waals surface area contributed by atoms with Crippen molar-refractivity contribution in [1.82, 2.24) is 4.57 Å². The molecule has 3 heterocycles. The number of aromatic nitrogens is 1. The van der Waals surface area contributed by atoms with Crippen LogP contribution in [-0.4, -0.2) is 30.0 Å². The van der Waals surface area contributed by atoms with Crippen LogP contribution in [0.5, 0.6) is 23.0 Å². The average Bonchev–Trinajstić information content (AvgIpc) is 3.59. The Hall–Kier alpha value is -4.25. The van der Waals surface area contributed by atoms with Gasteiger partial charge >= 0.3 is 5.97 Å². The smallest absolute Gasteiger partial charge is 0.338 e. The lowest BCUT2D eigenvalue weighted by Crippen LogP contribution is -2.40. The second kappa shape index (κ2) is 13.2. The number of esters is 1. The van der Waals surface area contributed by atoms with Crippen LogP contribution in [0, 0.1) is 0 Å². The van der Waals surface area contributed by atoms with Gasteiger partial charge in [-0.25, -0.2) is 9.79 Å². The predicted molar refractivity (Wildman–Crippen MR) is 176 cm³/mol. The summed E-state index contributed by atoms with van der Waals surface area (Å²) in [5, 5.41) is 0.565. The number of hydrogen-bond donors (Lipinski definition) is 0. The standard InChI is InChI=1S/C34H30Cl2N2O7S/c1-5-41-33(40)29-19(4)37-34-38(30(29)22-8-6-7-9-25(22)45-18(2)3)32(39)28(46-34)15-21-12-23(35)31(24(36)13-21)42-16-20-10-11-26-27(14-20)44-17-43-26/h6-15,18,30H,5,16-17H2,1-4H3/b28-15+/t30-/m1/s1. The number of allylic oxidation sites excluding steroid dienone is 1. The van der Waals surface area contributed by atoms with Crippen LogP contribution in [0.1, 0.15) is 50.4 Å². The van der Waals surface area contributed by atoms with Crippen molar-refractivity contribution in [3.8, 4) is 23.0 Å². The van der Waals surface area contributed by atoms with Crippen LogP contribution in [0.15, 0.2) is 75.7 Å². The molecule has 0 aliphatic carbocycles. The molecule has 6 rings (SSSR count). The molecule has 9 nitrogen and oxygen atoms in total. The first-order chi connectivity index (χ1) is 22.1. The van der Waals surface area contributed by atoms with Gasteiger partial charge in [0.15, 0.2) is 22.0 Å². The van der Waals surface area contributed by atoms with E-state index in [-0.39, 0.29) is 47.3 Å². The summed E-state index contributed by atoms with van der Waals surface area (Å²) in [6, 6.07) is 15.4. The first-order valence-corrected chi connectivity index (χ1v) is 16.2. The molecule has 12 heteroatoms. The molecule has 238 valence electrons. The number of fused-ring (bicyclic) bond motifs is 2. The maximum atomic E-state index is 14.1. The van der Waals surface area contributed by atoms with Gasteiger partial charge in [-0.15, -0.1) is 0 Å². The first-order valence-electron chi connectivity index (χ1n) is 14.6. The van der Waals surface area contributed by atoms with Crippen LogP contribution in [0.25, 0.3) is 6.08 Å². The maximum Gasteiger partial charge on any atom is 0.338 e. The molecular weight excluding hydrogens is 651 g/mol. The summed E-state index contributed by atoms with van der Waals surface area (Å²) in [6.45, 7) is 7.87. The lowest BCUT2D eigenvalue weighted by atomic mass is 9.95. The Balaban J connectivity index is 1.38. The third-order valence-electron chi connectivity index (χ3n) is 7.23. The molecule has 0 fully saturated rings.